The molecule has 0 saturated carbocycles. The smallest absolute Gasteiger partial charge is 0.251 e. The van der Waals surface area contributed by atoms with Gasteiger partial charge in [0.05, 0.1) is 7.11 Å². The van der Waals surface area contributed by atoms with Crippen molar-refractivity contribution in [2.45, 2.75) is 45.6 Å². The Morgan fingerprint density at radius 3 is 2.28 bits per heavy atom. The lowest BCUT2D eigenvalue weighted by molar-refractivity contribution is -0.122. The minimum absolute atomic E-state index is 0.00397. The van der Waals surface area contributed by atoms with Gasteiger partial charge >= 0.3 is 0 Å². The second-order valence-corrected chi connectivity index (χ2v) is 9.03. The molecule has 2 aromatic rings. The van der Waals surface area contributed by atoms with Crippen LogP contribution < -0.4 is 15.4 Å². The van der Waals surface area contributed by atoms with Gasteiger partial charge in [-0.3, -0.25) is 9.59 Å². The van der Waals surface area contributed by atoms with E-state index in [-0.39, 0.29) is 42.0 Å². The van der Waals surface area contributed by atoms with Gasteiger partial charge < -0.3 is 25.6 Å². The number of ether oxygens (including phenoxy) is 1. The summed E-state index contributed by atoms with van der Waals surface area (Å²) >= 11 is 0. The van der Waals surface area contributed by atoms with Gasteiger partial charge in [-0.25, -0.2) is 0 Å². The van der Waals surface area contributed by atoms with Crippen LogP contribution >= 0.6 is 0 Å². The van der Waals surface area contributed by atoms with E-state index in [4.69, 9.17) is 4.74 Å². The van der Waals surface area contributed by atoms with Crippen molar-refractivity contribution in [1.82, 2.24) is 10.6 Å². The predicted molar refractivity (Wildman–Crippen MR) is 124 cm³/mol. The summed E-state index contributed by atoms with van der Waals surface area (Å²) in [7, 11) is 1.47. The lowest BCUT2D eigenvalue weighted by atomic mass is 9.86. The Morgan fingerprint density at radius 2 is 1.75 bits per heavy atom. The number of nitrogens with one attached hydrogen (secondary N) is 2. The van der Waals surface area contributed by atoms with Gasteiger partial charge in [0.1, 0.15) is 6.04 Å². The van der Waals surface area contributed by atoms with Crippen LogP contribution in [0.4, 0.5) is 0 Å². The standard InChI is InChI=1S/C25H34N2O5/c1-16(27-24(31)19-7-9-20(10-8-19)25(2,3)4)23(30)26-14-18(15-28)12-17-6-11-22(32-5)21(29)13-17/h6-11,13,16,18,28-29H,12,14-15H2,1-5H3,(H,26,30)(H,27,31)/t16-,18+/m1/s1. The number of carbonyl (C=O) groups is 2. The number of methoxy groups -OCH3 is 1. The molecule has 7 heteroatoms. The number of aliphatic hydroxyl groups is 1. The Bertz CT molecular complexity index is 919. The third kappa shape index (κ3) is 6.99. The summed E-state index contributed by atoms with van der Waals surface area (Å²) < 4.78 is 5.03. The summed E-state index contributed by atoms with van der Waals surface area (Å²) in [6.45, 7) is 8.03. The molecular weight excluding hydrogens is 408 g/mol. The van der Waals surface area contributed by atoms with Crippen LogP contribution in [0.15, 0.2) is 42.5 Å². The summed E-state index contributed by atoms with van der Waals surface area (Å²) in [5, 5.41) is 25.1. The molecule has 0 spiro atoms. The maximum Gasteiger partial charge on any atom is 0.251 e. The average Bonchev–Trinajstić information content (AvgIpc) is 2.75. The van der Waals surface area contributed by atoms with Crippen LogP contribution in [0.5, 0.6) is 11.5 Å². The summed E-state index contributed by atoms with van der Waals surface area (Å²) in [5.74, 6) is -0.487. The molecule has 0 aliphatic rings. The largest absolute Gasteiger partial charge is 0.504 e. The molecule has 0 aromatic heterocycles. The van der Waals surface area contributed by atoms with Crippen LogP contribution in [0.2, 0.25) is 0 Å². The number of phenolic OH excluding ortho intramolecular Hbond substituents is 1. The van der Waals surface area contributed by atoms with Gasteiger partial charge in [-0.05, 0) is 54.2 Å². The van der Waals surface area contributed by atoms with Crippen LogP contribution in [0.1, 0.15) is 49.2 Å². The third-order valence-corrected chi connectivity index (χ3v) is 5.34. The molecule has 0 radical (unpaired) electrons. The van der Waals surface area contributed by atoms with E-state index in [0.717, 1.165) is 11.1 Å². The normalized spacial score (nSPS) is 13.2. The highest BCUT2D eigenvalue weighted by Crippen LogP contribution is 2.27. The van der Waals surface area contributed by atoms with E-state index in [1.807, 2.05) is 12.1 Å². The zero-order chi connectivity index (χ0) is 23.9. The predicted octanol–water partition coefficient (Wildman–Crippen LogP) is 2.78. The molecule has 0 bridgehead atoms. The number of hydrogen-bond acceptors (Lipinski definition) is 5. The van der Waals surface area contributed by atoms with Crippen molar-refractivity contribution in [3.05, 3.63) is 59.2 Å². The van der Waals surface area contributed by atoms with Crippen molar-refractivity contribution in [2.75, 3.05) is 20.3 Å². The molecular formula is C25H34N2O5. The van der Waals surface area contributed by atoms with E-state index in [1.165, 1.54) is 7.11 Å². The van der Waals surface area contributed by atoms with E-state index < -0.39 is 6.04 Å². The number of carbonyl (C=O) groups excluding carboxylic acids is 2. The number of aromatic hydroxyl groups is 1. The van der Waals surface area contributed by atoms with Gasteiger partial charge in [-0.2, -0.15) is 0 Å². The first kappa shape index (κ1) is 25.2. The highest BCUT2D eigenvalue weighted by Gasteiger charge is 2.19. The summed E-state index contributed by atoms with van der Waals surface area (Å²) in [4.78, 5) is 24.9. The molecule has 2 amide bonds. The Balaban J connectivity index is 1.88. The number of phenols is 1. The Hall–Kier alpha value is -3.06. The minimum Gasteiger partial charge on any atom is -0.504 e. The summed E-state index contributed by atoms with van der Waals surface area (Å²) in [6.07, 6.45) is 0.467. The molecule has 32 heavy (non-hydrogen) atoms. The Labute approximate surface area is 189 Å². The SMILES string of the molecule is COc1ccc(C[C@H](CO)CNC(=O)[C@@H](C)NC(=O)c2ccc(C(C)(C)C)cc2)cc1O. The zero-order valence-corrected chi connectivity index (χ0v) is 19.4. The summed E-state index contributed by atoms with van der Waals surface area (Å²) in [6, 6.07) is 11.7. The van der Waals surface area contributed by atoms with E-state index in [9.17, 15) is 19.8 Å². The maximum absolute atomic E-state index is 12.5. The van der Waals surface area contributed by atoms with Gasteiger partial charge in [-0.15, -0.1) is 0 Å². The second kappa shape index (κ2) is 11.0. The highest BCUT2D eigenvalue weighted by atomic mass is 16.5. The topological polar surface area (TPSA) is 108 Å². The van der Waals surface area contributed by atoms with Gasteiger partial charge in [0.25, 0.3) is 5.91 Å². The van der Waals surface area contributed by atoms with Crippen LogP contribution in [0.25, 0.3) is 0 Å². The molecule has 0 fully saturated rings. The van der Waals surface area contributed by atoms with Gasteiger partial charge in [-0.1, -0.05) is 39.0 Å². The van der Waals surface area contributed by atoms with Crippen LogP contribution in [0, 0.1) is 5.92 Å². The highest BCUT2D eigenvalue weighted by molar-refractivity contribution is 5.97. The zero-order valence-electron chi connectivity index (χ0n) is 19.4. The van der Waals surface area contributed by atoms with Gasteiger partial charge in [0, 0.05) is 24.6 Å². The molecule has 2 atom stereocenters. The maximum atomic E-state index is 12.5. The van der Waals surface area contributed by atoms with Crippen molar-refractivity contribution in [3.63, 3.8) is 0 Å². The monoisotopic (exact) mass is 442 g/mol. The molecule has 7 nitrogen and oxygen atoms in total. The van der Waals surface area contributed by atoms with Crippen LogP contribution in [-0.4, -0.2) is 48.3 Å². The molecule has 0 aliphatic carbocycles. The Kier molecular flexibility index (Phi) is 8.66. The third-order valence-electron chi connectivity index (χ3n) is 5.34. The average molecular weight is 443 g/mol. The quantitative estimate of drug-likeness (QED) is 0.478. The van der Waals surface area contributed by atoms with E-state index in [2.05, 4.69) is 31.4 Å². The van der Waals surface area contributed by atoms with Gasteiger partial charge in [0.15, 0.2) is 11.5 Å². The van der Waals surface area contributed by atoms with E-state index in [1.54, 1.807) is 37.3 Å². The van der Waals surface area contributed by atoms with Gasteiger partial charge in [0.2, 0.25) is 5.91 Å². The molecule has 0 aliphatic heterocycles. The van der Waals surface area contributed by atoms with Crippen molar-refractivity contribution in [2.24, 2.45) is 5.92 Å². The first-order chi connectivity index (χ1) is 15.0. The lowest BCUT2D eigenvalue weighted by Gasteiger charge is -2.20. The Morgan fingerprint density at radius 1 is 1.09 bits per heavy atom. The molecule has 2 rings (SSSR count). The number of rotatable bonds is 9. The van der Waals surface area contributed by atoms with E-state index >= 15 is 0 Å². The fourth-order valence-electron chi connectivity index (χ4n) is 3.26. The van der Waals surface area contributed by atoms with Crippen molar-refractivity contribution in [3.8, 4) is 11.5 Å². The number of hydrogen-bond donors (Lipinski definition) is 4. The molecule has 4 N–H and O–H groups in total. The van der Waals surface area contributed by atoms with Crippen molar-refractivity contribution >= 4 is 11.8 Å². The fraction of sp³-hybridized carbons (Fsp3) is 0.440. The van der Waals surface area contributed by atoms with Crippen molar-refractivity contribution in [1.29, 1.82) is 0 Å². The number of amides is 2. The van der Waals surface area contributed by atoms with Crippen LogP contribution in [0.3, 0.4) is 0 Å². The van der Waals surface area contributed by atoms with E-state index in [0.29, 0.717) is 17.7 Å². The van der Waals surface area contributed by atoms with Crippen molar-refractivity contribution < 1.29 is 24.5 Å². The summed E-state index contributed by atoms with van der Waals surface area (Å²) in [5.41, 5.74) is 2.43. The first-order valence-electron chi connectivity index (χ1n) is 10.7. The lowest BCUT2D eigenvalue weighted by Crippen LogP contribution is -2.46. The molecule has 2 aromatic carbocycles. The fourth-order valence-corrected chi connectivity index (χ4v) is 3.26. The second-order valence-electron chi connectivity index (χ2n) is 9.03. The number of benzene rings is 2. The molecule has 0 unspecified atom stereocenters. The first-order valence-corrected chi connectivity index (χ1v) is 10.7. The minimum atomic E-state index is -0.728. The molecule has 0 heterocycles. The molecule has 0 saturated heterocycles. The molecule has 174 valence electrons. The number of aliphatic hydroxyl groups excluding tert-OH is 1. The van der Waals surface area contributed by atoms with Crippen LogP contribution in [-0.2, 0) is 16.6 Å².